The van der Waals surface area contributed by atoms with Crippen molar-refractivity contribution in [2.24, 2.45) is 0 Å². The van der Waals surface area contributed by atoms with Gasteiger partial charge in [-0.15, -0.1) is 0 Å². The number of sulfonamides is 1. The van der Waals surface area contributed by atoms with Crippen LogP contribution in [0.1, 0.15) is 42.0 Å². The van der Waals surface area contributed by atoms with E-state index < -0.39 is 10.0 Å². The lowest BCUT2D eigenvalue weighted by Gasteiger charge is -2.20. The van der Waals surface area contributed by atoms with Crippen LogP contribution in [0.2, 0.25) is 0 Å². The van der Waals surface area contributed by atoms with E-state index >= 15 is 0 Å². The van der Waals surface area contributed by atoms with E-state index in [9.17, 15) is 13.2 Å². The van der Waals surface area contributed by atoms with E-state index in [0.29, 0.717) is 23.5 Å². The third kappa shape index (κ3) is 4.14. The van der Waals surface area contributed by atoms with Crippen molar-refractivity contribution in [1.29, 1.82) is 0 Å². The van der Waals surface area contributed by atoms with Crippen LogP contribution < -0.4 is 10.3 Å². The summed E-state index contributed by atoms with van der Waals surface area (Å²) in [5.74, 6) is 0. The van der Waals surface area contributed by atoms with Gasteiger partial charge in [0.05, 0.1) is 10.6 Å². The van der Waals surface area contributed by atoms with Crippen LogP contribution in [0, 0.1) is 13.8 Å². The van der Waals surface area contributed by atoms with Crippen molar-refractivity contribution < 1.29 is 8.42 Å². The van der Waals surface area contributed by atoms with Crippen LogP contribution in [-0.2, 0) is 29.4 Å². The van der Waals surface area contributed by atoms with Crippen LogP contribution in [0.4, 0.5) is 5.69 Å². The second-order valence-corrected chi connectivity index (χ2v) is 9.74. The van der Waals surface area contributed by atoms with Crippen LogP contribution in [0.25, 0.3) is 11.3 Å². The molecule has 6 nitrogen and oxygen atoms in total. The Hall–Kier alpha value is -2.93. The molecule has 0 radical (unpaired) electrons. The summed E-state index contributed by atoms with van der Waals surface area (Å²) < 4.78 is 30.6. The van der Waals surface area contributed by atoms with Crippen molar-refractivity contribution in [3.05, 3.63) is 75.1 Å². The van der Waals surface area contributed by atoms with E-state index in [1.165, 1.54) is 4.68 Å². The molecule has 4 rings (SSSR count). The van der Waals surface area contributed by atoms with Crippen LogP contribution in [0.5, 0.6) is 0 Å². The molecule has 162 valence electrons. The quantitative estimate of drug-likeness (QED) is 0.648. The van der Waals surface area contributed by atoms with Crippen molar-refractivity contribution in [2.75, 3.05) is 4.72 Å². The molecule has 2 aromatic carbocycles. The molecule has 0 bridgehead atoms. The molecule has 7 heteroatoms. The van der Waals surface area contributed by atoms with Crippen LogP contribution in [0.15, 0.2) is 52.2 Å². The molecule has 1 heterocycles. The van der Waals surface area contributed by atoms with Gasteiger partial charge in [0.1, 0.15) is 0 Å². The van der Waals surface area contributed by atoms with E-state index in [4.69, 9.17) is 0 Å². The first-order valence-corrected chi connectivity index (χ1v) is 12.1. The fourth-order valence-corrected chi connectivity index (χ4v) is 5.51. The minimum Gasteiger partial charge on any atom is -0.280 e. The smallest absolute Gasteiger partial charge is 0.270 e. The monoisotopic (exact) mass is 437 g/mol. The average Bonchev–Trinajstić information content (AvgIpc) is 2.74. The first-order chi connectivity index (χ1) is 14.8. The number of hydrogen-bond donors (Lipinski definition) is 1. The molecule has 0 amide bonds. The summed E-state index contributed by atoms with van der Waals surface area (Å²) in [6.07, 6.45) is 3.52. The minimum atomic E-state index is -3.78. The van der Waals surface area contributed by atoms with Gasteiger partial charge in [-0.25, -0.2) is 13.1 Å². The molecule has 0 fully saturated rings. The molecule has 0 atom stereocenters. The van der Waals surface area contributed by atoms with Crippen LogP contribution in [-0.4, -0.2) is 18.2 Å². The Bertz CT molecular complexity index is 1310. The number of aromatic nitrogens is 2. The van der Waals surface area contributed by atoms with Crippen molar-refractivity contribution >= 4 is 15.7 Å². The summed E-state index contributed by atoms with van der Waals surface area (Å²) in [7, 11) is -3.78. The number of rotatable bonds is 5. The molecule has 0 aliphatic heterocycles. The zero-order chi connectivity index (χ0) is 22.2. The highest BCUT2D eigenvalue weighted by molar-refractivity contribution is 7.92. The van der Waals surface area contributed by atoms with Gasteiger partial charge < -0.3 is 0 Å². The maximum atomic E-state index is 13.2. The topological polar surface area (TPSA) is 81.1 Å². The Labute approximate surface area is 183 Å². The number of anilines is 1. The summed E-state index contributed by atoms with van der Waals surface area (Å²) in [5, 5.41) is 4.61. The first-order valence-electron chi connectivity index (χ1n) is 10.6. The molecular formula is C24H27N3O3S. The summed E-state index contributed by atoms with van der Waals surface area (Å²) in [6.45, 7) is 6.07. The molecule has 0 unspecified atom stereocenters. The molecular weight excluding hydrogens is 410 g/mol. The summed E-state index contributed by atoms with van der Waals surface area (Å²) >= 11 is 0. The fraction of sp³-hybridized carbons (Fsp3) is 0.333. The van der Waals surface area contributed by atoms with Gasteiger partial charge in [0.2, 0.25) is 0 Å². The number of aryl methyl sites for hydroxylation is 3. The normalized spacial score (nSPS) is 13.6. The Morgan fingerprint density at radius 2 is 1.77 bits per heavy atom. The number of nitrogens with zero attached hydrogens (tertiary/aromatic N) is 2. The Morgan fingerprint density at radius 3 is 2.48 bits per heavy atom. The molecule has 31 heavy (non-hydrogen) atoms. The summed E-state index contributed by atoms with van der Waals surface area (Å²) in [6, 6.07) is 12.6. The largest absolute Gasteiger partial charge is 0.280 e. The Kier molecular flexibility index (Phi) is 5.71. The highest BCUT2D eigenvalue weighted by atomic mass is 32.2. The van der Waals surface area contributed by atoms with E-state index in [1.807, 2.05) is 32.0 Å². The standard InChI is InChI=1S/C24H27N3O3S/c1-4-27-24(28)21-11-6-5-10-20(21)23(25-27)18-13-12-17(3)22(15-18)31(29,30)26-19-9-7-8-16(2)14-19/h7-9,12-15,26H,4-6,10-11H2,1-3H3. The number of nitrogens with one attached hydrogen (secondary N) is 1. The third-order valence-corrected chi connectivity index (χ3v) is 7.31. The van der Waals surface area contributed by atoms with Crippen molar-refractivity contribution in [1.82, 2.24) is 9.78 Å². The van der Waals surface area contributed by atoms with E-state index in [0.717, 1.165) is 47.9 Å². The maximum absolute atomic E-state index is 13.2. The molecule has 0 saturated heterocycles. The van der Waals surface area contributed by atoms with E-state index in [1.54, 1.807) is 31.2 Å². The first kappa shape index (κ1) is 21.3. The predicted molar refractivity (Wildman–Crippen MR) is 123 cm³/mol. The van der Waals surface area contributed by atoms with Crippen molar-refractivity contribution in [2.45, 2.75) is 57.9 Å². The van der Waals surface area contributed by atoms with Gasteiger partial charge in [-0.3, -0.25) is 9.52 Å². The third-order valence-electron chi connectivity index (χ3n) is 5.79. The SMILES string of the molecule is CCn1nc(-c2ccc(C)c(S(=O)(=O)Nc3cccc(C)c3)c2)c2c(c1=O)CCCC2. The average molecular weight is 438 g/mol. The maximum Gasteiger partial charge on any atom is 0.270 e. The number of fused-ring (bicyclic) bond motifs is 1. The van der Waals surface area contributed by atoms with Crippen LogP contribution in [0.3, 0.4) is 0 Å². The van der Waals surface area contributed by atoms with Gasteiger partial charge in [-0.05, 0) is 81.3 Å². The Balaban J connectivity index is 1.83. The molecule has 1 aliphatic rings. The fourth-order valence-electron chi connectivity index (χ4n) is 4.19. The van der Waals surface area contributed by atoms with Gasteiger partial charge in [-0.1, -0.05) is 24.3 Å². The minimum absolute atomic E-state index is 0.0259. The molecule has 1 N–H and O–H groups in total. The summed E-state index contributed by atoms with van der Waals surface area (Å²) in [4.78, 5) is 12.9. The van der Waals surface area contributed by atoms with Gasteiger partial charge in [0.25, 0.3) is 15.6 Å². The second kappa shape index (κ2) is 8.30. The Morgan fingerprint density at radius 1 is 1.03 bits per heavy atom. The summed E-state index contributed by atoms with van der Waals surface area (Å²) in [5.41, 5.74) is 5.34. The van der Waals surface area contributed by atoms with Crippen LogP contribution >= 0.6 is 0 Å². The van der Waals surface area contributed by atoms with Gasteiger partial charge in [0, 0.05) is 23.4 Å². The van der Waals surface area contributed by atoms with Crippen molar-refractivity contribution in [3.63, 3.8) is 0 Å². The van der Waals surface area contributed by atoms with Gasteiger partial charge >= 0.3 is 0 Å². The highest BCUT2D eigenvalue weighted by Gasteiger charge is 2.23. The molecule has 1 aliphatic carbocycles. The number of hydrogen-bond acceptors (Lipinski definition) is 4. The highest BCUT2D eigenvalue weighted by Crippen LogP contribution is 2.31. The molecule has 0 spiro atoms. The van der Waals surface area contributed by atoms with E-state index in [-0.39, 0.29) is 10.5 Å². The zero-order valence-corrected chi connectivity index (χ0v) is 18.9. The zero-order valence-electron chi connectivity index (χ0n) is 18.1. The van der Waals surface area contributed by atoms with Crippen molar-refractivity contribution in [3.8, 4) is 11.3 Å². The lowest BCUT2D eigenvalue weighted by molar-refractivity contribution is 0.581. The molecule has 0 saturated carbocycles. The molecule has 3 aromatic rings. The predicted octanol–water partition coefficient (Wildman–Crippen LogP) is 4.23. The second-order valence-electron chi connectivity index (χ2n) is 8.09. The van der Waals surface area contributed by atoms with Gasteiger partial charge in [-0.2, -0.15) is 5.10 Å². The van der Waals surface area contributed by atoms with Gasteiger partial charge in [0.15, 0.2) is 0 Å². The number of benzene rings is 2. The molecule has 1 aromatic heterocycles. The lowest BCUT2D eigenvalue weighted by atomic mass is 9.89. The van der Waals surface area contributed by atoms with E-state index in [2.05, 4.69) is 9.82 Å². The lowest BCUT2D eigenvalue weighted by Crippen LogP contribution is -2.30.